The van der Waals surface area contributed by atoms with Gasteiger partial charge in [-0.2, -0.15) is 0 Å². The monoisotopic (exact) mass is 421 g/mol. The third-order valence-electron chi connectivity index (χ3n) is 4.78. The number of methoxy groups -OCH3 is 1. The van der Waals surface area contributed by atoms with Gasteiger partial charge in [0, 0.05) is 18.4 Å². The lowest BCUT2D eigenvalue weighted by Gasteiger charge is -2.10. The largest absolute Gasteiger partial charge is 0.480 e. The van der Waals surface area contributed by atoms with E-state index in [1.54, 1.807) is 13.3 Å². The zero-order chi connectivity index (χ0) is 21.6. The number of H-pyrrole nitrogens is 1. The van der Waals surface area contributed by atoms with Gasteiger partial charge in [-0.05, 0) is 18.6 Å². The van der Waals surface area contributed by atoms with Crippen LogP contribution >= 0.6 is 0 Å². The molecule has 9 heteroatoms. The van der Waals surface area contributed by atoms with Crippen LogP contribution in [-0.2, 0) is 4.74 Å². The highest BCUT2D eigenvalue weighted by Gasteiger charge is 2.16. The molecule has 4 aromatic rings. The first-order valence-electron chi connectivity index (χ1n) is 9.91. The average molecular weight is 421 g/mol. The molecule has 3 aromatic heterocycles. The van der Waals surface area contributed by atoms with Gasteiger partial charge in [-0.15, -0.1) is 0 Å². The molecule has 160 valence electrons. The molecular formula is C22H23N5O4. The van der Waals surface area contributed by atoms with Crippen molar-refractivity contribution in [3.8, 4) is 17.1 Å². The molecule has 0 fully saturated rings. The number of ketones is 1. The fourth-order valence-corrected chi connectivity index (χ4v) is 3.20. The Kier molecular flexibility index (Phi) is 6.34. The second-order valence-corrected chi connectivity index (χ2v) is 6.97. The number of hydrogen-bond donors (Lipinski definition) is 2. The van der Waals surface area contributed by atoms with E-state index in [9.17, 15) is 4.79 Å². The Morgan fingerprint density at radius 1 is 1.29 bits per heavy atom. The molecule has 0 unspecified atom stereocenters. The van der Waals surface area contributed by atoms with Gasteiger partial charge in [0.15, 0.2) is 0 Å². The maximum Gasteiger partial charge on any atom is 0.263 e. The van der Waals surface area contributed by atoms with Crippen LogP contribution in [0.15, 0.2) is 53.4 Å². The molecule has 31 heavy (non-hydrogen) atoms. The van der Waals surface area contributed by atoms with E-state index < -0.39 is 6.04 Å². The first-order chi connectivity index (χ1) is 15.2. The number of benzene rings is 1. The minimum absolute atomic E-state index is 0.124. The van der Waals surface area contributed by atoms with Crippen molar-refractivity contribution >= 4 is 16.7 Å². The number of rotatable bonds is 10. The summed E-state index contributed by atoms with van der Waals surface area (Å²) in [6, 6.07) is 9.40. The third-order valence-corrected chi connectivity index (χ3v) is 4.78. The smallest absolute Gasteiger partial charge is 0.263 e. The van der Waals surface area contributed by atoms with Gasteiger partial charge >= 0.3 is 0 Å². The van der Waals surface area contributed by atoms with Crippen LogP contribution in [0.4, 0.5) is 0 Å². The first kappa shape index (κ1) is 20.7. The maximum absolute atomic E-state index is 11.8. The Hall–Kier alpha value is -3.56. The van der Waals surface area contributed by atoms with Crippen LogP contribution in [0.25, 0.3) is 22.2 Å². The molecule has 1 aromatic carbocycles. The molecule has 0 aliphatic heterocycles. The molecule has 3 heterocycles. The van der Waals surface area contributed by atoms with E-state index >= 15 is 0 Å². The second-order valence-electron chi connectivity index (χ2n) is 6.97. The average Bonchev–Trinajstić information content (AvgIpc) is 3.50. The fourth-order valence-electron chi connectivity index (χ4n) is 3.20. The van der Waals surface area contributed by atoms with Gasteiger partial charge in [-0.1, -0.05) is 18.2 Å². The number of para-hydroxylation sites is 1. The highest BCUT2D eigenvalue weighted by molar-refractivity contribution is 5.91. The summed E-state index contributed by atoms with van der Waals surface area (Å²) < 4.78 is 16.1. The van der Waals surface area contributed by atoms with E-state index in [1.807, 2.05) is 30.3 Å². The summed E-state index contributed by atoms with van der Waals surface area (Å²) in [4.78, 5) is 27.9. The number of fused-ring (bicyclic) bond motifs is 1. The molecule has 0 saturated heterocycles. The summed E-state index contributed by atoms with van der Waals surface area (Å²) in [7, 11) is 1.59. The second kappa shape index (κ2) is 9.50. The molecule has 0 aliphatic rings. The van der Waals surface area contributed by atoms with Gasteiger partial charge in [0.2, 0.25) is 11.7 Å². The summed E-state index contributed by atoms with van der Waals surface area (Å²) in [5.41, 5.74) is 8.63. The van der Waals surface area contributed by atoms with Gasteiger partial charge in [0.25, 0.3) is 5.89 Å². The van der Waals surface area contributed by atoms with Crippen LogP contribution in [0, 0.1) is 0 Å². The summed E-state index contributed by atoms with van der Waals surface area (Å²) in [6.07, 6.45) is 5.39. The van der Waals surface area contributed by atoms with E-state index in [1.165, 1.54) is 12.5 Å². The van der Waals surface area contributed by atoms with Crippen molar-refractivity contribution in [1.29, 1.82) is 0 Å². The summed E-state index contributed by atoms with van der Waals surface area (Å²) in [5, 5.41) is 1.00. The zero-order valence-corrected chi connectivity index (χ0v) is 17.1. The van der Waals surface area contributed by atoms with Gasteiger partial charge in [-0.25, -0.2) is 15.0 Å². The van der Waals surface area contributed by atoms with Gasteiger partial charge in [0.1, 0.15) is 12.1 Å². The molecule has 9 nitrogen and oxygen atoms in total. The standard InChI is InChI=1S/C22H23N5O4/c1-29-21-15(11-14-5-2-3-6-17(14)27-21)18-12-25-20(26-18)16(23)13-30-9-4-7-19(28)22-24-8-10-31-22/h2-3,5-6,8,10-12,16H,4,7,9,13,23H2,1H3,(H,25,26)/t16-/m1/s1. The Labute approximate surface area is 178 Å². The summed E-state index contributed by atoms with van der Waals surface area (Å²) in [6.45, 7) is 0.670. The normalized spacial score (nSPS) is 12.2. The van der Waals surface area contributed by atoms with Crippen LogP contribution in [0.2, 0.25) is 0 Å². The van der Waals surface area contributed by atoms with Crippen LogP contribution in [-0.4, -0.2) is 46.0 Å². The van der Waals surface area contributed by atoms with Crippen molar-refractivity contribution in [3.63, 3.8) is 0 Å². The highest BCUT2D eigenvalue weighted by atomic mass is 16.5. The number of aromatic nitrogens is 4. The van der Waals surface area contributed by atoms with E-state index in [2.05, 4.69) is 19.9 Å². The van der Waals surface area contributed by atoms with Crippen LogP contribution in [0.1, 0.15) is 35.4 Å². The molecule has 1 atom stereocenters. The molecule has 0 spiro atoms. The van der Waals surface area contributed by atoms with Crippen LogP contribution in [0.3, 0.4) is 0 Å². The molecule has 0 bridgehead atoms. The topological polar surface area (TPSA) is 129 Å². The van der Waals surface area contributed by atoms with Gasteiger partial charge in [0.05, 0.1) is 48.9 Å². The number of nitrogens with one attached hydrogen (secondary N) is 1. The predicted molar refractivity (Wildman–Crippen MR) is 114 cm³/mol. The lowest BCUT2D eigenvalue weighted by atomic mass is 10.1. The van der Waals surface area contributed by atoms with Crippen LogP contribution in [0.5, 0.6) is 5.88 Å². The summed E-state index contributed by atoms with van der Waals surface area (Å²) >= 11 is 0. The Bertz CT molecular complexity index is 1160. The number of aromatic amines is 1. The van der Waals surface area contributed by atoms with E-state index in [0.717, 1.165) is 22.2 Å². The number of hydrogen-bond acceptors (Lipinski definition) is 8. The molecule has 0 saturated carbocycles. The molecule has 0 amide bonds. The van der Waals surface area contributed by atoms with Crippen molar-refractivity contribution in [2.75, 3.05) is 20.3 Å². The molecule has 3 N–H and O–H groups in total. The van der Waals surface area contributed by atoms with Crippen molar-refractivity contribution in [1.82, 2.24) is 19.9 Å². The number of pyridine rings is 1. The molecule has 0 aliphatic carbocycles. The predicted octanol–water partition coefficient (Wildman–Crippen LogP) is 3.30. The number of oxazole rings is 1. The number of Topliss-reactive ketones (excluding diaryl/α,β-unsaturated/α-hetero) is 1. The Balaban J connectivity index is 1.34. The SMILES string of the molecule is COc1nc2ccccc2cc1-c1cnc([C@H](N)COCCCC(=O)c2ncco2)[nH]1. The zero-order valence-electron chi connectivity index (χ0n) is 17.1. The number of nitrogens with zero attached hydrogens (tertiary/aromatic N) is 3. The fraction of sp³-hybridized carbons (Fsp3) is 0.273. The Morgan fingerprint density at radius 2 is 2.16 bits per heavy atom. The number of carbonyl (C=O) groups is 1. The number of imidazole rings is 1. The quantitative estimate of drug-likeness (QED) is 0.295. The van der Waals surface area contributed by atoms with E-state index in [0.29, 0.717) is 31.2 Å². The number of carbonyl (C=O) groups excluding carboxylic acids is 1. The van der Waals surface area contributed by atoms with Crippen molar-refractivity contribution in [2.45, 2.75) is 18.9 Å². The van der Waals surface area contributed by atoms with E-state index in [-0.39, 0.29) is 18.3 Å². The van der Waals surface area contributed by atoms with Crippen molar-refractivity contribution in [2.24, 2.45) is 5.73 Å². The first-order valence-corrected chi connectivity index (χ1v) is 9.91. The number of ether oxygens (including phenoxy) is 2. The molecule has 4 rings (SSSR count). The maximum atomic E-state index is 11.8. The lowest BCUT2D eigenvalue weighted by molar-refractivity contribution is 0.0890. The summed E-state index contributed by atoms with van der Waals surface area (Å²) in [5.74, 6) is 1.08. The lowest BCUT2D eigenvalue weighted by Crippen LogP contribution is -2.19. The third kappa shape index (κ3) is 4.79. The number of nitrogens with two attached hydrogens (primary N) is 1. The molecular weight excluding hydrogens is 398 g/mol. The van der Waals surface area contributed by atoms with Crippen molar-refractivity contribution < 1.29 is 18.7 Å². The van der Waals surface area contributed by atoms with E-state index in [4.69, 9.17) is 19.6 Å². The minimum atomic E-state index is -0.435. The van der Waals surface area contributed by atoms with Crippen molar-refractivity contribution in [3.05, 3.63) is 60.7 Å². The van der Waals surface area contributed by atoms with Gasteiger partial charge in [-0.3, -0.25) is 4.79 Å². The Morgan fingerprint density at radius 3 is 2.97 bits per heavy atom. The van der Waals surface area contributed by atoms with Crippen LogP contribution < -0.4 is 10.5 Å². The van der Waals surface area contributed by atoms with Gasteiger partial charge < -0.3 is 24.6 Å². The minimum Gasteiger partial charge on any atom is -0.480 e. The highest BCUT2D eigenvalue weighted by Crippen LogP contribution is 2.30. The molecule has 0 radical (unpaired) electrons.